The highest BCUT2D eigenvalue weighted by molar-refractivity contribution is 5.92. The molecule has 2 N–H and O–H groups in total. The fourth-order valence-corrected chi connectivity index (χ4v) is 3.36. The largest absolute Gasteiger partial charge is 0.507 e. The lowest BCUT2D eigenvalue weighted by Crippen LogP contribution is -2.24. The van der Waals surface area contributed by atoms with Crippen molar-refractivity contribution in [3.63, 3.8) is 0 Å². The Kier molecular flexibility index (Phi) is 7.25. The van der Waals surface area contributed by atoms with Crippen LogP contribution in [0.25, 0.3) is 10.8 Å². The number of carbonyl (C=O) groups is 1. The van der Waals surface area contributed by atoms with E-state index in [1.54, 1.807) is 25.1 Å². The van der Waals surface area contributed by atoms with Gasteiger partial charge in [-0.2, -0.15) is 10.2 Å². The number of aryl methyl sites for hydroxylation is 1. The number of hydrazone groups is 1. The van der Waals surface area contributed by atoms with Crippen molar-refractivity contribution in [2.75, 3.05) is 6.61 Å². The lowest BCUT2D eigenvalue weighted by molar-refractivity contribution is -0.385. The lowest BCUT2D eigenvalue weighted by atomic mass is 10.1. The quantitative estimate of drug-likeness (QED) is 0.143. The van der Waals surface area contributed by atoms with Gasteiger partial charge < -0.3 is 9.84 Å². The molecule has 0 unspecified atom stereocenters. The van der Waals surface area contributed by atoms with E-state index in [2.05, 4.69) is 20.8 Å². The number of nitro groups is 1. The minimum Gasteiger partial charge on any atom is -0.507 e. The highest BCUT2D eigenvalue weighted by Crippen LogP contribution is 2.29. The number of fused-ring (bicyclic) bond motifs is 1. The van der Waals surface area contributed by atoms with E-state index in [9.17, 15) is 20.0 Å². The number of azo groups is 1. The van der Waals surface area contributed by atoms with Crippen LogP contribution in [0, 0.1) is 17.0 Å². The molecule has 0 bridgehead atoms. The molecule has 0 heterocycles. The van der Waals surface area contributed by atoms with Crippen LogP contribution in [0.2, 0.25) is 0 Å². The van der Waals surface area contributed by atoms with Crippen molar-refractivity contribution in [1.82, 2.24) is 5.43 Å². The summed E-state index contributed by atoms with van der Waals surface area (Å²) in [6.45, 7) is 1.24. The Bertz CT molecular complexity index is 1490. The third-order valence-electron chi connectivity index (χ3n) is 5.11. The minimum absolute atomic E-state index is 0.0216. The normalized spacial score (nSPS) is 11.2. The molecule has 0 radical (unpaired) electrons. The van der Waals surface area contributed by atoms with E-state index in [4.69, 9.17) is 4.74 Å². The number of hydrogen-bond donors (Lipinski definition) is 2. The third-order valence-corrected chi connectivity index (χ3v) is 5.11. The van der Waals surface area contributed by atoms with Crippen LogP contribution in [0.4, 0.5) is 17.1 Å². The predicted octanol–water partition coefficient (Wildman–Crippen LogP) is 5.71. The molecule has 0 fully saturated rings. The van der Waals surface area contributed by atoms with Crippen LogP contribution in [0.5, 0.6) is 11.5 Å². The van der Waals surface area contributed by atoms with Gasteiger partial charge >= 0.3 is 5.69 Å². The Morgan fingerprint density at radius 3 is 2.69 bits per heavy atom. The van der Waals surface area contributed by atoms with Gasteiger partial charge in [-0.1, -0.05) is 42.5 Å². The molecule has 36 heavy (non-hydrogen) atoms. The van der Waals surface area contributed by atoms with Crippen molar-refractivity contribution in [3.8, 4) is 11.5 Å². The molecule has 0 aliphatic carbocycles. The van der Waals surface area contributed by atoms with Gasteiger partial charge in [0.1, 0.15) is 5.75 Å². The van der Waals surface area contributed by atoms with Crippen LogP contribution in [0.3, 0.4) is 0 Å². The first-order valence-corrected chi connectivity index (χ1v) is 10.8. The maximum atomic E-state index is 12.1. The second-order valence-electron chi connectivity index (χ2n) is 7.75. The maximum absolute atomic E-state index is 12.1. The number of ether oxygens (including phenoxy) is 1. The van der Waals surface area contributed by atoms with Crippen LogP contribution in [-0.4, -0.2) is 28.8 Å². The van der Waals surface area contributed by atoms with Gasteiger partial charge in [-0.3, -0.25) is 14.9 Å². The number of hydrogen-bond acceptors (Lipinski definition) is 8. The SMILES string of the molecule is Cc1ccc(OCC(=O)N/N=C\c2cc(N=Nc3cccc4ccccc34)ccc2O)c([N+](=O)[O-])c1. The lowest BCUT2D eigenvalue weighted by Gasteiger charge is -2.06. The average Bonchev–Trinajstić information content (AvgIpc) is 2.88. The second-order valence-corrected chi connectivity index (χ2v) is 7.75. The topological polar surface area (TPSA) is 139 Å². The first-order chi connectivity index (χ1) is 17.4. The number of nitrogens with one attached hydrogen (secondary N) is 1. The number of nitro benzene ring substituents is 1. The fraction of sp³-hybridized carbons (Fsp3) is 0.0769. The molecule has 0 saturated heterocycles. The molecule has 0 aliphatic heterocycles. The van der Waals surface area contributed by atoms with Gasteiger partial charge in [0.15, 0.2) is 12.4 Å². The van der Waals surface area contributed by atoms with Gasteiger partial charge in [0, 0.05) is 17.0 Å². The van der Waals surface area contributed by atoms with Crippen LogP contribution in [0.1, 0.15) is 11.1 Å². The summed E-state index contributed by atoms with van der Waals surface area (Å²) in [6, 6.07) is 22.6. The Hall–Kier alpha value is -5.12. The van der Waals surface area contributed by atoms with Gasteiger partial charge in [-0.05, 0) is 48.2 Å². The predicted molar refractivity (Wildman–Crippen MR) is 135 cm³/mol. The van der Waals surface area contributed by atoms with Gasteiger partial charge in [0.2, 0.25) is 0 Å². The summed E-state index contributed by atoms with van der Waals surface area (Å²) >= 11 is 0. The third kappa shape index (κ3) is 5.86. The minimum atomic E-state index is -0.632. The smallest absolute Gasteiger partial charge is 0.311 e. The molecule has 10 nitrogen and oxygen atoms in total. The van der Waals surface area contributed by atoms with Crippen molar-refractivity contribution in [2.24, 2.45) is 15.3 Å². The Morgan fingerprint density at radius 1 is 1.06 bits per heavy atom. The van der Waals surface area contributed by atoms with E-state index < -0.39 is 17.4 Å². The first kappa shape index (κ1) is 24.0. The number of benzene rings is 4. The number of carbonyl (C=O) groups excluding carboxylic acids is 1. The van der Waals surface area contributed by atoms with E-state index >= 15 is 0 Å². The monoisotopic (exact) mass is 483 g/mol. The molecular formula is C26H21N5O5. The average molecular weight is 483 g/mol. The first-order valence-electron chi connectivity index (χ1n) is 10.8. The number of phenolic OH excluding ortho intramolecular Hbond substituents is 1. The summed E-state index contributed by atoms with van der Waals surface area (Å²) in [4.78, 5) is 22.6. The summed E-state index contributed by atoms with van der Waals surface area (Å²) in [5.41, 5.74) is 4.21. The van der Waals surface area contributed by atoms with E-state index in [1.165, 1.54) is 24.4 Å². The second kappa shape index (κ2) is 10.9. The molecule has 0 spiro atoms. The maximum Gasteiger partial charge on any atom is 0.311 e. The number of nitrogens with zero attached hydrogens (tertiary/aromatic N) is 4. The molecule has 1 amide bonds. The summed E-state index contributed by atoms with van der Waals surface area (Å²) < 4.78 is 5.26. The molecule has 10 heteroatoms. The van der Waals surface area contributed by atoms with Crippen molar-refractivity contribution >= 4 is 40.0 Å². The van der Waals surface area contributed by atoms with Gasteiger partial charge in [0.25, 0.3) is 5.91 Å². The van der Waals surface area contributed by atoms with Gasteiger partial charge in [-0.25, -0.2) is 5.43 Å². The molecule has 0 saturated carbocycles. The molecule has 4 aromatic rings. The van der Waals surface area contributed by atoms with Crippen molar-refractivity contribution in [2.45, 2.75) is 6.92 Å². The summed E-state index contributed by atoms with van der Waals surface area (Å²) in [5, 5.41) is 35.7. The van der Waals surface area contributed by atoms with Crippen LogP contribution < -0.4 is 10.2 Å². The Balaban J connectivity index is 1.40. The molecule has 180 valence electrons. The standard InChI is InChI=1S/C26H21N5O5/c1-17-9-12-25(23(13-17)31(34)35)36-16-26(33)30-27-15-19-14-20(10-11-24(19)32)28-29-22-8-4-6-18-5-2-3-7-21(18)22/h2-15,32H,16H2,1H3,(H,30,33)/b27-15-,29-28?. The zero-order valence-corrected chi connectivity index (χ0v) is 19.2. The zero-order chi connectivity index (χ0) is 25.5. The number of aromatic hydroxyl groups is 1. The van der Waals surface area contributed by atoms with Gasteiger partial charge in [0.05, 0.1) is 22.5 Å². The highest BCUT2D eigenvalue weighted by Gasteiger charge is 2.16. The number of rotatable bonds is 8. The number of phenols is 1. The molecule has 0 aliphatic rings. The summed E-state index contributed by atoms with van der Waals surface area (Å²) in [5.74, 6) is -0.720. The summed E-state index contributed by atoms with van der Waals surface area (Å²) in [7, 11) is 0. The van der Waals surface area contributed by atoms with Crippen LogP contribution in [-0.2, 0) is 4.79 Å². The van der Waals surface area contributed by atoms with Crippen LogP contribution in [0.15, 0.2) is 94.2 Å². The molecule has 0 aromatic heterocycles. The van der Waals surface area contributed by atoms with E-state index in [0.29, 0.717) is 22.5 Å². The Labute approximate surface area is 205 Å². The Morgan fingerprint density at radius 2 is 1.86 bits per heavy atom. The molecule has 4 rings (SSSR count). The number of amides is 1. The van der Waals surface area contributed by atoms with Crippen LogP contribution >= 0.6 is 0 Å². The summed E-state index contributed by atoms with van der Waals surface area (Å²) in [6.07, 6.45) is 1.25. The van der Waals surface area contributed by atoms with Crippen molar-refractivity contribution < 1.29 is 19.6 Å². The molecule has 4 aromatic carbocycles. The van der Waals surface area contributed by atoms with Crippen molar-refractivity contribution in [3.05, 3.63) is 100 Å². The van der Waals surface area contributed by atoms with E-state index in [0.717, 1.165) is 10.8 Å². The van der Waals surface area contributed by atoms with E-state index in [1.807, 2.05) is 42.5 Å². The highest BCUT2D eigenvalue weighted by atomic mass is 16.6. The van der Waals surface area contributed by atoms with Gasteiger partial charge in [-0.15, -0.1) is 5.11 Å². The zero-order valence-electron chi connectivity index (χ0n) is 19.2. The molecule has 0 atom stereocenters. The van der Waals surface area contributed by atoms with E-state index in [-0.39, 0.29) is 17.2 Å². The van der Waals surface area contributed by atoms with Crippen molar-refractivity contribution in [1.29, 1.82) is 0 Å². The molecular weight excluding hydrogens is 462 g/mol. The fourth-order valence-electron chi connectivity index (χ4n) is 3.36.